The first-order valence-corrected chi connectivity index (χ1v) is 7.90. The van der Waals surface area contributed by atoms with Crippen LogP contribution >= 0.6 is 0 Å². The molecule has 0 radical (unpaired) electrons. The van der Waals surface area contributed by atoms with E-state index in [0.29, 0.717) is 31.0 Å². The summed E-state index contributed by atoms with van der Waals surface area (Å²) >= 11 is 0. The third kappa shape index (κ3) is 3.51. The minimum atomic E-state index is -0.954. The number of hydrogen-bond acceptors (Lipinski definition) is 6. The Hall–Kier alpha value is -2.54. The molecule has 1 aliphatic rings. The van der Waals surface area contributed by atoms with Gasteiger partial charge in [0.25, 0.3) is 5.91 Å². The average Bonchev–Trinajstić information content (AvgIpc) is 2.97. The second-order valence-electron chi connectivity index (χ2n) is 6.23. The first-order valence-electron chi connectivity index (χ1n) is 7.90. The number of aromatic nitrogens is 3. The topological polar surface area (TPSA) is 82.5 Å². The van der Waals surface area contributed by atoms with E-state index in [0.717, 1.165) is 5.82 Å². The number of anilines is 1. The van der Waals surface area contributed by atoms with Crippen LogP contribution in [0.5, 0.6) is 0 Å². The third-order valence-corrected chi connectivity index (χ3v) is 4.18. The molecule has 3 rings (SSSR count). The smallest absolute Gasteiger partial charge is 0.272 e. The third-order valence-electron chi connectivity index (χ3n) is 4.18. The molecule has 1 saturated heterocycles. The van der Waals surface area contributed by atoms with Crippen molar-refractivity contribution in [3.05, 3.63) is 48.2 Å². The molecule has 126 valence electrons. The zero-order valence-electron chi connectivity index (χ0n) is 13.9. The highest BCUT2D eigenvalue weighted by Gasteiger charge is 2.38. The summed E-state index contributed by atoms with van der Waals surface area (Å²) in [7, 11) is 1.68. The standard InChI is InChI=1S/C17H21N5O2/c1-13-18-9-6-14(20-13)16(23)21(2)11-17(24)7-10-22(12-17)15-5-3-4-8-19-15/h3-6,8-9,24H,7,10-12H2,1-2H3/t17-/m1/s1. The van der Waals surface area contributed by atoms with Crippen LogP contribution in [0.15, 0.2) is 36.7 Å². The van der Waals surface area contributed by atoms with Crippen LogP contribution in [0.25, 0.3) is 0 Å². The first kappa shape index (κ1) is 16.3. The summed E-state index contributed by atoms with van der Waals surface area (Å²) in [5, 5.41) is 10.8. The molecule has 1 fully saturated rings. The number of nitrogens with zero attached hydrogens (tertiary/aromatic N) is 5. The van der Waals surface area contributed by atoms with Crippen molar-refractivity contribution in [1.29, 1.82) is 0 Å². The highest BCUT2D eigenvalue weighted by molar-refractivity contribution is 5.92. The molecule has 24 heavy (non-hydrogen) atoms. The molecule has 2 aromatic rings. The number of β-amino-alcohol motifs (C(OH)–C–C–N with tert-alkyl or cyclic N) is 1. The van der Waals surface area contributed by atoms with Gasteiger partial charge in [-0.05, 0) is 31.5 Å². The zero-order valence-corrected chi connectivity index (χ0v) is 13.9. The number of carbonyl (C=O) groups is 1. The van der Waals surface area contributed by atoms with Gasteiger partial charge >= 0.3 is 0 Å². The van der Waals surface area contributed by atoms with Gasteiger partial charge in [0.1, 0.15) is 22.9 Å². The molecule has 1 amide bonds. The summed E-state index contributed by atoms with van der Waals surface area (Å²) in [6, 6.07) is 7.30. The van der Waals surface area contributed by atoms with Crippen molar-refractivity contribution < 1.29 is 9.90 Å². The Labute approximate surface area is 141 Å². The molecule has 1 N–H and O–H groups in total. The van der Waals surface area contributed by atoms with Crippen LogP contribution in [0, 0.1) is 6.92 Å². The van der Waals surface area contributed by atoms with Crippen LogP contribution in [-0.2, 0) is 0 Å². The van der Waals surface area contributed by atoms with Gasteiger partial charge < -0.3 is 14.9 Å². The lowest BCUT2D eigenvalue weighted by molar-refractivity contribution is 0.0261. The molecular weight excluding hydrogens is 306 g/mol. The second kappa shape index (κ2) is 6.52. The summed E-state index contributed by atoms with van der Waals surface area (Å²) in [6.45, 7) is 3.15. The molecule has 7 heteroatoms. The lowest BCUT2D eigenvalue weighted by Crippen LogP contribution is -2.46. The predicted molar refractivity (Wildman–Crippen MR) is 89.7 cm³/mol. The minimum Gasteiger partial charge on any atom is -0.386 e. The Bertz CT molecular complexity index is 724. The maximum atomic E-state index is 12.5. The quantitative estimate of drug-likeness (QED) is 0.898. The van der Waals surface area contributed by atoms with Crippen LogP contribution < -0.4 is 4.90 Å². The number of carbonyl (C=O) groups excluding carboxylic acids is 1. The fourth-order valence-corrected chi connectivity index (χ4v) is 3.01. The summed E-state index contributed by atoms with van der Waals surface area (Å²) in [6.07, 6.45) is 3.89. The molecule has 1 aliphatic heterocycles. The van der Waals surface area contributed by atoms with Gasteiger partial charge in [0.05, 0.1) is 6.54 Å². The van der Waals surface area contributed by atoms with Crippen LogP contribution in [0.2, 0.25) is 0 Å². The van der Waals surface area contributed by atoms with Crippen LogP contribution in [-0.4, -0.2) is 63.1 Å². The van der Waals surface area contributed by atoms with Gasteiger partial charge in [0.15, 0.2) is 0 Å². The lowest BCUT2D eigenvalue weighted by Gasteiger charge is -2.29. The molecule has 0 bridgehead atoms. The number of aryl methyl sites for hydroxylation is 1. The summed E-state index contributed by atoms with van der Waals surface area (Å²) in [4.78, 5) is 28.5. The Morgan fingerprint density at radius 3 is 2.88 bits per heavy atom. The van der Waals surface area contributed by atoms with E-state index in [-0.39, 0.29) is 12.5 Å². The Morgan fingerprint density at radius 1 is 1.33 bits per heavy atom. The van der Waals surface area contributed by atoms with Gasteiger partial charge in [-0.2, -0.15) is 0 Å². The van der Waals surface area contributed by atoms with Crippen LogP contribution in [0.4, 0.5) is 5.82 Å². The molecule has 7 nitrogen and oxygen atoms in total. The van der Waals surface area contributed by atoms with E-state index in [4.69, 9.17) is 0 Å². The van der Waals surface area contributed by atoms with Gasteiger partial charge in [-0.25, -0.2) is 15.0 Å². The van der Waals surface area contributed by atoms with E-state index in [1.165, 1.54) is 4.90 Å². The number of hydrogen-bond donors (Lipinski definition) is 1. The lowest BCUT2D eigenvalue weighted by atomic mass is 10.0. The highest BCUT2D eigenvalue weighted by Crippen LogP contribution is 2.26. The van der Waals surface area contributed by atoms with Crippen molar-refractivity contribution >= 4 is 11.7 Å². The Kier molecular flexibility index (Phi) is 4.44. The molecule has 0 unspecified atom stereocenters. The Morgan fingerprint density at radius 2 is 2.17 bits per heavy atom. The number of rotatable bonds is 4. The number of pyridine rings is 1. The van der Waals surface area contributed by atoms with E-state index >= 15 is 0 Å². The largest absolute Gasteiger partial charge is 0.386 e. The van der Waals surface area contributed by atoms with E-state index in [1.807, 2.05) is 23.1 Å². The molecule has 3 heterocycles. The van der Waals surface area contributed by atoms with Gasteiger partial charge in [-0.3, -0.25) is 4.79 Å². The Balaban J connectivity index is 1.66. The van der Waals surface area contributed by atoms with Crippen LogP contribution in [0.3, 0.4) is 0 Å². The van der Waals surface area contributed by atoms with Crippen molar-refractivity contribution in [2.75, 3.05) is 31.6 Å². The van der Waals surface area contributed by atoms with Crippen molar-refractivity contribution in [2.24, 2.45) is 0 Å². The molecule has 1 atom stereocenters. The SMILES string of the molecule is Cc1nccc(C(=O)N(C)C[C@]2(O)CCN(c3ccccn3)C2)n1. The van der Waals surface area contributed by atoms with Gasteiger partial charge in [0.2, 0.25) is 0 Å². The number of likely N-dealkylation sites (N-methyl/N-ethyl adjacent to an activating group) is 1. The fourth-order valence-electron chi connectivity index (χ4n) is 3.01. The van der Waals surface area contributed by atoms with Gasteiger partial charge in [-0.15, -0.1) is 0 Å². The summed E-state index contributed by atoms with van der Waals surface area (Å²) < 4.78 is 0. The summed E-state index contributed by atoms with van der Waals surface area (Å²) in [5.74, 6) is 1.18. The van der Waals surface area contributed by atoms with E-state index < -0.39 is 5.60 Å². The average molecular weight is 327 g/mol. The zero-order chi connectivity index (χ0) is 17.2. The maximum Gasteiger partial charge on any atom is 0.272 e. The van der Waals surface area contributed by atoms with E-state index in [1.54, 1.807) is 32.4 Å². The van der Waals surface area contributed by atoms with E-state index in [9.17, 15) is 9.90 Å². The fraction of sp³-hybridized carbons (Fsp3) is 0.412. The predicted octanol–water partition coefficient (Wildman–Crippen LogP) is 0.893. The molecule has 0 spiro atoms. The van der Waals surface area contributed by atoms with Crippen LogP contribution in [0.1, 0.15) is 22.7 Å². The second-order valence-corrected chi connectivity index (χ2v) is 6.23. The van der Waals surface area contributed by atoms with Gasteiger partial charge in [-0.1, -0.05) is 6.07 Å². The molecular formula is C17H21N5O2. The van der Waals surface area contributed by atoms with Crippen molar-refractivity contribution in [1.82, 2.24) is 19.9 Å². The van der Waals surface area contributed by atoms with E-state index in [2.05, 4.69) is 15.0 Å². The monoisotopic (exact) mass is 327 g/mol. The highest BCUT2D eigenvalue weighted by atomic mass is 16.3. The minimum absolute atomic E-state index is 0.217. The van der Waals surface area contributed by atoms with Crippen molar-refractivity contribution in [2.45, 2.75) is 18.9 Å². The molecule has 0 aromatic carbocycles. The normalized spacial score (nSPS) is 20.2. The molecule has 0 aliphatic carbocycles. The summed E-state index contributed by atoms with van der Waals surface area (Å²) in [5.41, 5.74) is -0.613. The first-order chi connectivity index (χ1) is 11.5. The number of amides is 1. The van der Waals surface area contributed by atoms with Crippen molar-refractivity contribution in [3.8, 4) is 0 Å². The van der Waals surface area contributed by atoms with Crippen molar-refractivity contribution in [3.63, 3.8) is 0 Å². The number of aliphatic hydroxyl groups is 1. The maximum absolute atomic E-state index is 12.5. The molecule has 2 aromatic heterocycles. The van der Waals surface area contributed by atoms with Gasteiger partial charge in [0, 0.05) is 32.5 Å². The molecule has 0 saturated carbocycles.